The molecule has 130 valence electrons. The van der Waals surface area contributed by atoms with Gasteiger partial charge in [0.2, 0.25) is 0 Å². The lowest BCUT2D eigenvalue weighted by Crippen LogP contribution is -2.29. The molecule has 1 unspecified atom stereocenters. The first kappa shape index (κ1) is 17.0. The first-order valence-corrected chi connectivity index (χ1v) is 11.1. The Balaban J connectivity index is 1.45. The van der Waals surface area contributed by atoms with E-state index >= 15 is 0 Å². The maximum atomic E-state index is 12.7. The summed E-state index contributed by atoms with van der Waals surface area (Å²) in [5.74, 6) is 3.09. The van der Waals surface area contributed by atoms with Crippen LogP contribution < -0.4 is 5.32 Å². The summed E-state index contributed by atoms with van der Waals surface area (Å²) >= 11 is 4.03. The van der Waals surface area contributed by atoms with Crippen LogP contribution in [0.4, 0.5) is 0 Å². The topological polar surface area (TPSA) is 29.1 Å². The number of hydrogen-bond donors (Lipinski definition) is 1. The van der Waals surface area contributed by atoms with E-state index in [2.05, 4.69) is 29.6 Å². The van der Waals surface area contributed by atoms with Gasteiger partial charge in [0.1, 0.15) is 0 Å². The van der Waals surface area contributed by atoms with E-state index in [1.54, 1.807) is 0 Å². The molecule has 2 aromatic carbocycles. The highest BCUT2D eigenvalue weighted by Gasteiger charge is 2.33. The van der Waals surface area contributed by atoms with Crippen LogP contribution in [-0.2, 0) is 0 Å². The van der Waals surface area contributed by atoms with Gasteiger partial charge in [-0.15, -0.1) is 23.5 Å². The Morgan fingerprint density at radius 1 is 0.960 bits per heavy atom. The van der Waals surface area contributed by atoms with Gasteiger partial charge in [0.05, 0.1) is 10.6 Å². The molecule has 1 saturated heterocycles. The quantitative estimate of drug-likeness (QED) is 0.761. The standard InChI is InChI=1S/C21H23NOS2/c23-20(22-19(16-7-8-16)15-5-2-1-3-6-15)17-9-11-18(12-10-17)21-24-13-4-14-25-21/h1-3,5-6,9-12,16,19,21H,4,7-8,13-14H2,(H,22,23). The number of hydrogen-bond acceptors (Lipinski definition) is 3. The lowest BCUT2D eigenvalue weighted by Gasteiger charge is -2.22. The number of thioether (sulfide) groups is 2. The molecule has 0 radical (unpaired) electrons. The fourth-order valence-corrected chi connectivity index (χ4v) is 6.15. The van der Waals surface area contributed by atoms with Gasteiger partial charge in [-0.25, -0.2) is 0 Å². The lowest BCUT2D eigenvalue weighted by atomic mass is 10.0. The van der Waals surface area contributed by atoms with E-state index in [1.165, 1.54) is 41.9 Å². The van der Waals surface area contributed by atoms with Crippen molar-refractivity contribution in [1.82, 2.24) is 5.32 Å². The normalized spacial score (nSPS) is 19.4. The van der Waals surface area contributed by atoms with Gasteiger partial charge in [-0.3, -0.25) is 4.79 Å². The van der Waals surface area contributed by atoms with Gasteiger partial charge >= 0.3 is 0 Å². The maximum Gasteiger partial charge on any atom is 0.251 e. The van der Waals surface area contributed by atoms with Crippen molar-refractivity contribution in [2.75, 3.05) is 11.5 Å². The third-order valence-electron chi connectivity index (χ3n) is 4.81. The van der Waals surface area contributed by atoms with E-state index in [4.69, 9.17) is 0 Å². The van der Waals surface area contributed by atoms with Crippen LogP contribution in [0.3, 0.4) is 0 Å². The molecule has 4 heteroatoms. The Bertz CT molecular complexity index is 706. The fourth-order valence-electron chi connectivity index (χ4n) is 3.26. The fraction of sp³-hybridized carbons (Fsp3) is 0.381. The van der Waals surface area contributed by atoms with Crippen molar-refractivity contribution in [3.63, 3.8) is 0 Å². The van der Waals surface area contributed by atoms with E-state index in [0.717, 1.165) is 5.56 Å². The van der Waals surface area contributed by atoms with Crippen LogP contribution >= 0.6 is 23.5 Å². The molecule has 1 atom stereocenters. The van der Waals surface area contributed by atoms with Crippen LogP contribution in [0, 0.1) is 5.92 Å². The summed E-state index contributed by atoms with van der Waals surface area (Å²) in [6, 6.07) is 18.7. The van der Waals surface area contributed by atoms with E-state index in [1.807, 2.05) is 53.9 Å². The molecule has 2 nitrogen and oxygen atoms in total. The molecule has 1 heterocycles. The monoisotopic (exact) mass is 369 g/mol. The summed E-state index contributed by atoms with van der Waals surface area (Å²) in [4.78, 5) is 12.7. The second kappa shape index (κ2) is 7.88. The highest BCUT2D eigenvalue weighted by atomic mass is 32.2. The SMILES string of the molecule is O=C(NC(c1ccccc1)C1CC1)c1ccc(C2SCCCS2)cc1. The van der Waals surface area contributed by atoms with Gasteiger partial charge in [-0.05, 0) is 59.9 Å². The highest BCUT2D eigenvalue weighted by molar-refractivity contribution is 8.16. The number of nitrogens with one attached hydrogen (secondary N) is 1. The largest absolute Gasteiger partial charge is 0.345 e. The van der Waals surface area contributed by atoms with Crippen molar-refractivity contribution < 1.29 is 4.79 Å². The van der Waals surface area contributed by atoms with Gasteiger partial charge in [0.25, 0.3) is 5.91 Å². The zero-order chi connectivity index (χ0) is 17.1. The highest BCUT2D eigenvalue weighted by Crippen LogP contribution is 2.44. The van der Waals surface area contributed by atoms with E-state index in [0.29, 0.717) is 10.5 Å². The van der Waals surface area contributed by atoms with Gasteiger partial charge in [-0.1, -0.05) is 42.5 Å². The first-order valence-electron chi connectivity index (χ1n) is 9.00. The van der Waals surface area contributed by atoms with Crippen LogP contribution in [0.25, 0.3) is 0 Å². The summed E-state index contributed by atoms with van der Waals surface area (Å²) in [6.45, 7) is 0. The maximum absolute atomic E-state index is 12.7. The number of carbonyl (C=O) groups excluding carboxylic acids is 1. The summed E-state index contributed by atoms with van der Waals surface area (Å²) in [6.07, 6.45) is 3.71. The second-order valence-electron chi connectivity index (χ2n) is 6.75. The van der Waals surface area contributed by atoms with Crippen LogP contribution in [-0.4, -0.2) is 17.4 Å². The third-order valence-corrected chi connectivity index (χ3v) is 7.83. The Morgan fingerprint density at radius 2 is 1.64 bits per heavy atom. The summed E-state index contributed by atoms with van der Waals surface area (Å²) in [7, 11) is 0. The smallest absolute Gasteiger partial charge is 0.251 e. The second-order valence-corrected chi connectivity index (χ2v) is 9.47. The predicted molar refractivity (Wildman–Crippen MR) is 108 cm³/mol. The van der Waals surface area contributed by atoms with E-state index in [9.17, 15) is 4.79 Å². The van der Waals surface area contributed by atoms with Crippen molar-refractivity contribution in [2.24, 2.45) is 5.92 Å². The summed E-state index contributed by atoms with van der Waals surface area (Å²) in [5, 5.41) is 3.26. The molecule has 2 aliphatic rings. The van der Waals surface area contributed by atoms with Crippen molar-refractivity contribution in [3.8, 4) is 0 Å². The zero-order valence-corrected chi connectivity index (χ0v) is 15.8. The molecule has 25 heavy (non-hydrogen) atoms. The van der Waals surface area contributed by atoms with Crippen molar-refractivity contribution in [3.05, 3.63) is 71.3 Å². The molecule has 1 saturated carbocycles. The van der Waals surface area contributed by atoms with Crippen LogP contribution in [0.5, 0.6) is 0 Å². The zero-order valence-electron chi connectivity index (χ0n) is 14.2. The Kier molecular flexibility index (Phi) is 5.37. The molecule has 1 aliphatic carbocycles. The molecule has 1 aliphatic heterocycles. The lowest BCUT2D eigenvalue weighted by molar-refractivity contribution is 0.0931. The van der Waals surface area contributed by atoms with Gasteiger partial charge < -0.3 is 5.32 Å². The van der Waals surface area contributed by atoms with Gasteiger partial charge in [0, 0.05) is 5.56 Å². The number of carbonyl (C=O) groups is 1. The molecule has 0 bridgehead atoms. The number of benzene rings is 2. The Hall–Kier alpha value is -1.39. The third kappa shape index (κ3) is 4.24. The minimum atomic E-state index is 0.0382. The van der Waals surface area contributed by atoms with E-state index < -0.39 is 0 Å². The molecule has 2 fully saturated rings. The van der Waals surface area contributed by atoms with Crippen molar-refractivity contribution in [2.45, 2.75) is 29.9 Å². The molecule has 1 amide bonds. The molecule has 0 aromatic heterocycles. The summed E-state index contributed by atoms with van der Waals surface area (Å²) in [5.41, 5.74) is 3.30. The molecule has 2 aromatic rings. The van der Waals surface area contributed by atoms with E-state index in [-0.39, 0.29) is 11.9 Å². The molecular formula is C21H23NOS2. The molecule has 4 rings (SSSR count). The predicted octanol–water partition coefficient (Wildman–Crippen LogP) is 5.44. The van der Waals surface area contributed by atoms with Crippen LogP contribution in [0.1, 0.15) is 51.4 Å². The van der Waals surface area contributed by atoms with Gasteiger partial charge in [-0.2, -0.15) is 0 Å². The average molecular weight is 370 g/mol. The first-order chi connectivity index (χ1) is 12.3. The minimum absolute atomic E-state index is 0.0382. The number of amides is 1. The molecule has 1 N–H and O–H groups in total. The molecule has 0 spiro atoms. The summed E-state index contributed by atoms with van der Waals surface area (Å²) < 4.78 is 0.523. The van der Waals surface area contributed by atoms with Crippen LogP contribution in [0.2, 0.25) is 0 Å². The Morgan fingerprint density at radius 3 is 2.28 bits per heavy atom. The number of rotatable bonds is 5. The minimum Gasteiger partial charge on any atom is -0.345 e. The molecular weight excluding hydrogens is 346 g/mol. The Labute approximate surface area is 158 Å². The van der Waals surface area contributed by atoms with Crippen molar-refractivity contribution in [1.29, 1.82) is 0 Å². The van der Waals surface area contributed by atoms with Crippen molar-refractivity contribution >= 4 is 29.4 Å². The average Bonchev–Trinajstić information content (AvgIpc) is 3.52. The van der Waals surface area contributed by atoms with Crippen LogP contribution in [0.15, 0.2) is 54.6 Å². The van der Waals surface area contributed by atoms with Gasteiger partial charge in [0.15, 0.2) is 0 Å².